The number of amides is 1. The number of nitrogens with two attached hydrogens (primary N) is 1. The maximum Gasteiger partial charge on any atom is 0.249 e. The highest BCUT2D eigenvalue weighted by Gasteiger charge is 2.30. The first-order chi connectivity index (χ1) is 11.4. The number of carbonyl (C=O) groups excluding carboxylic acids is 1. The number of fused-ring (bicyclic) bond motifs is 4. The third kappa shape index (κ3) is 3.33. The molecule has 2 heterocycles. The van der Waals surface area contributed by atoms with Gasteiger partial charge in [-0.05, 0) is 37.3 Å². The summed E-state index contributed by atoms with van der Waals surface area (Å²) in [6, 6.07) is 7.15. The molecule has 6 nitrogen and oxygen atoms in total. The predicted octanol–water partition coefficient (Wildman–Crippen LogP) is 3.52. The predicted molar refractivity (Wildman–Crippen MR) is 92.1 cm³/mol. The van der Waals surface area contributed by atoms with Gasteiger partial charge in [0.2, 0.25) is 17.7 Å². The van der Waals surface area contributed by atoms with E-state index in [1.165, 1.54) is 0 Å². The summed E-state index contributed by atoms with van der Waals surface area (Å²) < 4.78 is 5.77. The van der Waals surface area contributed by atoms with Crippen LogP contribution < -0.4 is 11.1 Å². The van der Waals surface area contributed by atoms with E-state index in [0.29, 0.717) is 29.0 Å². The number of para-hydroxylation sites is 1. The van der Waals surface area contributed by atoms with Gasteiger partial charge in [-0.25, -0.2) is 0 Å². The number of anilines is 1. The molecule has 0 aliphatic carbocycles. The van der Waals surface area contributed by atoms with Crippen LogP contribution in [-0.2, 0) is 4.79 Å². The second-order valence-electron chi connectivity index (χ2n) is 7.32. The second kappa shape index (κ2) is 6.36. The van der Waals surface area contributed by atoms with Crippen LogP contribution in [-0.4, -0.2) is 16.1 Å². The Morgan fingerprint density at radius 1 is 1.29 bits per heavy atom. The quantitative estimate of drug-likeness (QED) is 0.771. The molecule has 2 atom stereocenters. The summed E-state index contributed by atoms with van der Waals surface area (Å²) in [5.74, 6) is 1.17. The molecule has 0 saturated carbocycles. The average molecular weight is 328 g/mol. The first kappa shape index (κ1) is 16.6. The van der Waals surface area contributed by atoms with E-state index in [9.17, 15) is 4.79 Å². The zero-order valence-electron chi connectivity index (χ0n) is 14.4. The van der Waals surface area contributed by atoms with E-state index in [4.69, 9.17) is 10.2 Å². The average Bonchev–Trinajstić information content (AvgIpc) is 3.03. The molecule has 6 heteroatoms. The van der Waals surface area contributed by atoms with E-state index in [1.807, 2.05) is 38.1 Å². The highest BCUT2D eigenvalue weighted by Crippen LogP contribution is 2.34. The first-order valence-electron chi connectivity index (χ1n) is 8.36. The van der Waals surface area contributed by atoms with Crippen molar-refractivity contribution in [2.24, 2.45) is 17.1 Å². The van der Waals surface area contributed by atoms with Gasteiger partial charge in [0.05, 0.1) is 17.3 Å². The van der Waals surface area contributed by atoms with Crippen LogP contribution in [0.3, 0.4) is 0 Å². The van der Waals surface area contributed by atoms with E-state index in [0.717, 1.165) is 19.3 Å². The Balaban J connectivity index is 2.04. The van der Waals surface area contributed by atoms with Crippen LogP contribution in [0, 0.1) is 11.3 Å². The Hall–Kier alpha value is -2.21. The van der Waals surface area contributed by atoms with E-state index in [1.54, 1.807) is 0 Å². The first-order valence-corrected chi connectivity index (χ1v) is 8.36. The number of rotatable bonds is 0. The van der Waals surface area contributed by atoms with E-state index in [-0.39, 0.29) is 11.9 Å². The van der Waals surface area contributed by atoms with E-state index < -0.39 is 5.41 Å². The molecular weight excluding hydrogens is 304 g/mol. The molecule has 1 aromatic heterocycles. The van der Waals surface area contributed by atoms with Crippen molar-refractivity contribution < 1.29 is 9.21 Å². The van der Waals surface area contributed by atoms with Gasteiger partial charge in [0.1, 0.15) is 0 Å². The Morgan fingerprint density at radius 3 is 2.83 bits per heavy atom. The number of nitrogens with one attached hydrogen (secondary N) is 1. The van der Waals surface area contributed by atoms with Crippen LogP contribution in [0.25, 0.3) is 11.5 Å². The van der Waals surface area contributed by atoms with Crippen molar-refractivity contribution in [2.75, 3.05) is 5.32 Å². The summed E-state index contributed by atoms with van der Waals surface area (Å²) in [7, 11) is 0. The summed E-state index contributed by atoms with van der Waals surface area (Å²) in [6.45, 7) is 6.09. The molecular formula is C18H24N4O2. The summed E-state index contributed by atoms with van der Waals surface area (Å²) in [5, 5.41) is 11.2. The van der Waals surface area contributed by atoms with Crippen LogP contribution in [0.1, 0.15) is 52.0 Å². The molecule has 2 bridgehead atoms. The summed E-state index contributed by atoms with van der Waals surface area (Å²) >= 11 is 0. The van der Waals surface area contributed by atoms with Crippen molar-refractivity contribution in [3.05, 3.63) is 30.2 Å². The minimum atomic E-state index is -0.460. The fourth-order valence-corrected chi connectivity index (χ4v) is 2.94. The normalized spacial score (nSPS) is 24.1. The van der Waals surface area contributed by atoms with Crippen LogP contribution in [0.5, 0.6) is 0 Å². The van der Waals surface area contributed by atoms with Crippen LogP contribution in [0.15, 0.2) is 28.7 Å². The van der Waals surface area contributed by atoms with Gasteiger partial charge in [-0.3, -0.25) is 4.79 Å². The molecule has 3 rings (SSSR count). The van der Waals surface area contributed by atoms with Crippen molar-refractivity contribution in [1.82, 2.24) is 10.2 Å². The Morgan fingerprint density at radius 2 is 2.04 bits per heavy atom. The number of hydrogen-bond acceptors (Lipinski definition) is 5. The van der Waals surface area contributed by atoms with Crippen molar-refractivity contribution >= 4 is 11.6 Å². The maximum atomic E-state index is 12.7. The minimum absolute atomic E-state index is 0.00886. The molecule has 1 aliphatic heterocycles. The smallest absolute Gasteiger partial charge is 0.249 e. The standard InChI is InChI=1S/C18H24N4O2/c1-11-8-9-18(2,3)17(23)20-14-7-5-4-6-12(14)15-21-22-16(24-15)13(19)10-11/h4-7,11,13H,8-10,19H2,1-3H3,(H,20,23). The number of aromatic nitrogens is 2. The highest BCUT2D eigenvalue weighted by molar-refractivity contribution is 5.97. The van der Waals surface area contributed by atoms with Crippen LogP contribution >= 0.6 is 0 Å². The third-order valence-corrected chi connectivity index (χ3v) is 4.70. The van der Waals surface area contributed by atoms with Crippen molar-refractivity contribution in [3.8, 4) is 11.5 Å². The summed E-state index contributed by atoms with van der Waals surface area (Å²) in [6.07, 6.45) is 2.46. The Labute approximate surface area is 141 Å². The van der Waals surface area contributed by atoms with Gasteiger partial charge >= 0.3 is 0 Å². The lowest BCUT2D eigenvalue weighted by Crippen LogP contribution is -2.31. The molecule has 2 aromatic rings. The zero-order chi connectivity index (χ0) is 17.3. The lowest BCUT2D eigenvalue weighted by atomic mass is 9.82. The Bertz CT molecular complexity index is 738. The molecule has 0 saturated heterocycles. The fraction of sp³-hybridized carbons (Fsp3) is 0.500. The van der Waals surface area contributed by atoms with Gasteiger partial charge in [0.25, 0.3) is 0 Å². The molecule has 2 unspecified atom stereocenters. The van der Waals surface area contributed by atoms with E-state index >= 15 is 0 Å². The molecule has 1 aromatic carbocycles. The van der Waals surface area contributed by atoms with E-state index in [2.05, 4.69) is 22.4 Å². The van der Waals surface area contributed by atoms with Gasteiger partial charge in [0.15, 0.2) is 0 Å². The van der Waals surface area contributed by atoms with Gasteiger partial charge in [0, 0.05) is 5.41 Å². The number of nitrogens with zero attached hydrogens (tertiary/aromatic N) is 2. The van der Waals surface area contributed by atoms with Crippen molar-refractivity contribution in [2.45, 2.75) is 46.1 Å². The van der Waals surface area contributed by atoms with Gasteiger partial charge in [-0.15, -0.1) is 10.2 Å². The molecule has 128 valence electrons. The van der Waals surface area contributed by atoms with Gasteiger partial charge in [-0.2, -0.15) is 0 Å². The number of benzene rings is 1. The Kier molecular flexibility index (Phi) is 4.41. The molecule has 0 spiro atoms. The minimum Gasteiger partial charge on any atom is -0.419 e. The molecule has 1 aliphatic rings. The molecule has 1 amide bonds. The van der Waals surface area contributed by atoms with Crippen LogP contribution in [0.2, 0.25) is 0 Å². The third-order valence-electron chi connectivity index (χ3n) is 4.70. The molecule has 3 N–H and O–H groups in total. The van der Waals surface area contributed by atoms with Gasteiger partial charge in [-0.1, -0.05) is 32.9 Å². The second-order valence-corrected chi connectivity index (χ2v) is 7.32. The lowest BCUT2D eigenvalue weighted by molar-refractivity contribution is -0.124. The zero-order valence-corrected chi connectivity index (χ0v) is 14.4. The summed E-state index contributed by atoms with van der Waals surface area (Å²) in [5.41, 5.74) is 7.15. The topological polar surface area (TPSA) is 94.0 Å². The fourth-order valence-electron chi connectivity index (χ4n) is 2.94. The molecule has 0 radical (unpaired) electrons. The summed E-state index contributed by atoms with van der Waals surface area (Å²) in [4.78, 5) is 12.7. The SMILES string of the molecule is CC1CCC(C)(C)C(=O)Nc2ccccc2-c2nnc(o2)C(N)C1. The molecule has 24 heavy (non-hydrogen) atoms. The highest BCUT2D eigenvalue weighted by atomic mass is 16.4. The van der Waals surface area contributed by atoms with Gasteiger partial charge < -0.3 is 15.5 Å². The monoisotopic (exact) mass is 328 g/mol. The van der Waals surface area contributed by atoms with Crippen molar-refractivity contribution in [3.63, 3.8) is 0 Å². The number of carbonyl (C=O) groups is 1. The maximum absolute atomic E-state index is 12.7. The van der Waals surface area contributed by atoms with Crippen molar-refractivity contribution in [1.29, 1.82) is 0 Å². The van der Waals surface area contributed by atoms with Crippen LogP contribution in [0.4, 0.5) is 5.69 Å². The molecule has 0 fully saturated rings. The lowest BCUT2D eigenvalue weighted by Gasteiger charge is -2.26. The largest absolute Gasteiger partial charge is 0.419 e. The number of hydrogen-bond donors (Lipinski definition) is 2.